The van der Waals surface area contributed by atoms with E-state index in [2.05, 4.69) is 47.5 Å². The highest BCUT2D eigenvalue weighted by Crippen LogP contribution is 2.32. The van der Waals surface area contributed by atoms with Gasteiger partial charge in [-0.3, -0.25) is 0 Å². The summed E-state index contributed by atoms with van der Waals surface area (Å²) >= 11 is 0. The number of hydrogen-bond acceptors (Lipinski definition) is 2. The molecule has 1 N–H and O–H groups in total. The van der Waals surface area contributed by atoms with Crippen molar-refractivity contribution in [1.82, 2.24) is 10.2 Å². The lowest BCUT2D eigenvalue weighted by Crippen LogP contribution is -2.44. The zero-order valence-corrected chi connectivity index (χ0v) is 13.9. The summed E-state index contributed by atoms with van der Waals surface area (Å²) in [6.07, 6.45) is 5.39. The minimum atomic E-state index is 0. The number of nitrogens with zero attached hydrogens (tertiary/aromatic N) is 1. The average Bonchev–Trinajstić information content (AvgIpc) is 2.51. The van der Waals surface area contributed by atoms with Gasteiger partial charge < -0.3 is 10.2 Å². The van der Waals surface area contributed by atoms with E-state index < -0.39 is 0 Å². The maximum atomic E-state index is 3.47. The molecule has 1 aromatic rings. The SMILES string of the molecule is CC1CC(c2ccccc2)CCN1CC1CCNCC1.Cl. The zero-order chi connectivity index (χ0) is 13.8. The van der Waals surface area contributed by atoms with Gasteiger partial charge in [-0.1, -0.05) is 30.3 Å². The molecule has 0 aliphatic carbocycles. The minimum absolute atomic E-state index is 0. The quantitative estimate of drug-likeness (QED) is 0.916. The Morgan fingerprint density at radius 2 is 1.81 bits per heavy atom. The van der Waals surface area contributed by atoms with E-state index in [4.69, 9.17) is 0 Å². The van der Waals surface area contributed by atoms with E-state index in [0.29, 0.717) is 0 Å². The van der Waals surface area contributed by atoms with Gasteiger partial charge in [0, 0.05) is 12.6 Å². The van der Waals surface area contributed by atoms with Gasteiger partial charge in [-0.2, -0.15) is 0 Å². The maximum absolute atomic E-state index is 3.47. The summed E-state index contributed by atoms with van der Waals surface area (Å²) in [5.41, 5.74) is 1.54. The van der Waals surface area contributed by atoms with Crippen molar-refractivity contribution >= 4 is 12.4 Å². The van der Waals surface area contributed by atoms with Crippen molar-refractivity contribution in [3.05, 3.63) is 35.9 Å². The first-order chi connectivity index (χ1) is 9.83. The van der Waals surface area contributed by atoms with E-state index in [1.165, 1.54) is 51.9 Å². The zero-order valence-electron chi connectivity index (χ0n) is 13.1. The molecule has 0 spiro atoms. The third kappa shape index (κ3) is 4.45. The third-order valence-corrected chi connectivity index (χ3v) is 5.24. The van der Waals surface area contributed by atoms with E-state index in [1.54, 1.807) is 5.56 Å². The van der Waals surface area contributed by atoms with Gasteiger partial charge in [0.2, 0.25) is 0 Å². The number of halogens is 1. The van der Waals surface area contributed by atoms with Gasteiger partial charge in [0.1, 0.15) is 0 Å². The van der Waals surface area contributed by atoms with Gasteiger partial charge >= 0.3 is 0 Å². The van der Waals surface area contributed by atoms with Crippen LogP contribution in [0.3, 0.4) is 0 Å². The Kier molecular flexibility index (Phi) is 6.53. The Morgan fingerprint density at radius 1 is 1.10 bits per heavy atom. The number of piperidine rings is 2. The first-order valence-electron chi connectivity index (χ1n) is 8.32. The van der Waals surface area contributed by atoms with Crippen LogP contribution in [0.25, 0.3) is 0 Å². The molecule has 2 aliphatic heterocycles. The van der Waals surface area contributed by atoms with Crippen molar-refractivity contribution < 1.29 is 0 Å². The number of likely N-dealkylation sites (tertiary alicyclic amines) is 1. The molecule has 118 valence electrons. The van der Waals surface area contributed by atoms with Crippen LogP contribution < -0.4 is 5.32 Å². The number of rotatable bonds is 3. The normalized spacial score (nSPS) is 28.0. The molecule has 0 aromatic heterocycles. The van der Waals surface area contributed by atoms with Crippen LogP contribution in [0.1, 0.15) is 44.1 Å². The maximum Gasteiger partial charge on any atom is 0.00728 e. The van der Waals surface area contributed by atoms with E-state index in [9.17, 15) is 0 Å². The molecule has 3 rings (SSSR count). The van der Waals surface area contributed by atoms with Crippen molar-refractivity contribution in [2.75, 3.05) is 26.2 Å². The predicted molar refractivity (Wildman–Crippen MR) is 92.3 cm³/mol. The molecule has 2 nitrogen and oxygen atoms in total. The van der Waals surface area contributed by atoms with Crippen molar-refractivity contribution in [2.24, 2.45) is 5.92 Å². The van der Waals surface area contributed by atoms with Crippen molar-refractivity contribution in [3.63, 3.8) is 0 Å². The van der Waals surface area contributed by atoms with Gasteiger partial charge in [0.15, 0.2) is 0 Å². The van der Waals surface area contributed by atoms with Crippen molar-refractivity contribution in [3.8, 4) is 0 Å². The van der Waals surface area contributed by atoms with E-state index in [-0.39, 0.29) is 12.4 Å². The van der Waals surface area contributed by atoms with Crippen LogP contribution in [0.2, 0.25) is 0 Å². The van der Waals surface area contributed by atoms with Gasteiger partial charge in [0.05, 0.1) is 0 Å². The summed E-state index contributed by atoms with van der Waals surface area (Å²) in [5.74, 6) is 1.70. The molecule has 3 heteroatoms. The second-order valence-electron chi connectivity index (χ2n) is 6.67. The van der Waals surface area contributed by atoms with Crippen LogP contribution in [-0.4, -0.2) is 37.1 Å². The fraction of sp³-hybridized carbons (Fsp3) is 0.667. The molecule has 2 fully saturated rings. The van der Waals surface area contributed by atoms with Crippen LogP contribution in [0.5, 0.6) is 0 Å². The molecule has 0 amide bonds. The topological polar surface area (TPSA) is 15.3 Å². The lowest BCUT2D eigenvalue weighted by Gasteiger charge is -2.40. The molecule has 0 bridgehead atoms. The van der Waals surface area contributed by atoms with E-state index in [0.717, 1.165) is 17.9 Å². The molecule has 1 aromatic carbocycles. The van der Waals surface area contributed by atoms with Crippen LogP contribution in [0.15, 0.2) is 30.3 Å². The molecular weight excluding hydrogens is 280 g/mol. The van der Waals surface area contributed by atoms with E-state index >= 15 is 0 Å². The molecule has 2 aliphatic rings. The summed E-state index contributed by atoms with van der Waals surface area (Å²) in [7, 11) is 0. The standard InChI is InChI=1S/C18H28N2.ClH/c1-15-13-18(17-5-3-2-4-6-17)9-12-20(15)14-16-7-10-19-11-8-16;/h2-6,15-16,18-19H,7-14H2,1H3;1H. The third-order valence-electron chi connectivity index (χ3n) is 5.24. The first kappa shape index (κ1) is 16.8. The predicted octanol–water partition coefficient (Wildman–Crippen LogP) is 3.68. The highest BCUT2D eigenvalue weighted by Gasteiger charge is 2.28. The molecule has 2 heterocycles. The minimum Gasteiger partial charge on any atom is -0.317 e. The lowest BCUT2D eigenvalue weighted by molar-refractivity contribution is 0.115. The van der Waals surface area contributed by atoms with Crippen LogP contribution in [0.4, 0.5) is 0 Å². The molecule has 21 heavy (non-hydrogen) atoms. The van der Waals surface area contributed by atoms with Crippen LogP contribution in [0, 0.1) is 5.92 Å². The molecule has 2 unspecified atom stereocenters. The second-order valence-corrected chi connectivity index (χ2v) is 6.67. The number of hydrogen-bond donors (Lipinski definition) is 1. The largest absolute Gasteiger partial charge is 0.317 e. The molecular formula is C18H29ClN2. The number of benzene rings is 1. The van der Waals surface area contributed by atoms with Crippen molar-refractivity contribution in [1.29, 1.82) is 0 Å². The summed E-state index contributed by atoms with van der Waals surface area (Å²) in [5, 5.41) is 3.47. The first-order valence-corrected chi connectivity index (χ1v) is 8.32. The van der Waals surface area contributed by atoms with Gasteiger partial charge in [-0.05, 0) is 69.6 Å². The summed E-state index contributed by atoms with van der Waals surface area (Å²) in [6, 6.07) is 11.8. The molecule has 0 radical (unpaired) electrons. The Labute approximate surface area is 135 Å². The van der Waals surface area contributed by atoms with Crippen molar-refractivity contribution in [2.45, 2.75) is 44.6 Å². The number of nitrogens with one attached hydrogen (secondary N) is 1. The Balaban J connectivity index is 0.00000161. The fourth-order valence-corrected chi connectivity index (χ4v) is 3.92. The van der Waals surface area contributed by atoms with Gasteiger partial charge in [0.25, 0.3) is 0 Å². The second kappa shape index (κ2) is 8.17. The summed E-state index contributed by atoms with van der Waals surface area (Å²) in [6.45, 7) is 7.48. The van der Waals surface area contributed by atoms with E-state index in [1.807, 2.05) is 0 Å². The average molecular weight is 309 g/mol. The monoisotopic (exact) mass is 308 g/mol. The summed E-state index contributed by atoms with van der Waals surface area (Å²) in [4.78, 5) is 2.75. The van der Waals surface area contributed by atoms with Gasteiger partial charge in [-0.15, -0.1) is 12.4 Å². The lowest BCUT2D eigenvalue weighted by atomic mass is 9.85. The highest BCUT2D eigenvalue weighted by molar-refractivity contribution is 5.85. The fourth-order valence-electron chi connectivity index (χ4n) is 3.92. The molecule has 0 saturated carbocycles. The highest BCUT2D eigenvalue weighted by atomic mass is 35.5. The Bertz CT molecular complexity index is 403. The van der Waals surface area contributed by atoms with Gasteiger partial charge in [-0.25, -0.2) is 0 Å². The van der Waals surface area contributed by atoms with Crippen LogP contribution in [-0.2, 0) is 0 Å². The Hall–Kier alpha value is -0.570. The molecule has 2 saturated heterocycles. The molecule has 2 atom stereocenters. The van der Waals surface area contributed by atoms with Crippen LogP contribution >= 0.6 is 12.4 Å². The smallest absolute Gasteiger partial charge is 0.00728 e. The summed E-state index contributed by atoms with van der Waals surface area (Å²) < 4.78 is 0. The Morgan fingerprint density at radius 3 is 2.48 bits per heavy atom.